The molecule has 0 aliphatic rings. The smallest absolute Gasteiger partial charge is 0.337 e. The van der Waals surface area contributed by atoms with Crippen molar-refractivity contribution in [1.82, 2.24) is 0 Å². The van der Waals surface area contributed by atoms with Crippen LogP contribution in [0.4, 0.5) is 5.69 Å². The Hall–Kier alpha value is -3.58. The fourth-order valence-electron chi connectivity index (χ4n) is 2.14. The monoisotopic (exact) mass is 316 g/mol. The van der Waals surface area contributed by atoms with Gasteiger partial charge in [-0.1, -0.05) is 60.7 Å². The Balaban J connectivity index is 0.000000185. The van der Waals surface area contributed by atoms with E-state index in [0.717, 1.165) is 16.7 Å². The van der Waals surface area contributed by atoms with E-state index in [1.807, 2.05) is 54.6 Å². The maximum Gasteiger partial charge on any atom is 0.337 e. The SMILES string of the molecule is N#Cc1ccccc1-c1ccccc1.Nc1ccccc1C(=O)O. The summed E-state index contributed by atoms with van der Waals surface area (Å²) in [5.41, 5.74) is 8.60. The number of hydrogen-bond acceptors (Lipinski definition) is 3. The van der Waals surface area contributed by atoms with Crippen LogP contribution in [0.2, 0.25) is 0 Å². The van der Waals surface area contributed by atoms with Crippen LogP contribution < -0.4 is 5.73 Å². The third-order valence-electron chi connectivity index (χ3n) is 3.32. The first kappa shape index (κ1) is 16.8. The molecule has 0 aliphatic carbocycles. The van der Waals surface area contributed by atoms with Crippen LogP contribution in [-0.2, 0) is 0 Å². The highest BCUT2D eigenvalue weighted by Gasteiger charge is 2.04. The second-order valence-corrected chi connectivity index (χ2v) is 4.92. The number of nitrogen functional groups attached to an aromatic ring is 1. The molecule has 4 heteroatoms. The second-order valence-electron chi connectivity index (χ2n) is 4.92. The first-order valence-corrected chi connectivity index (χ1v) is 7.26. The van der Waals surface area contributed by atoms with E-state index in [-0.39, 0.29) is 5.56 Å². The van der Waals surface area contributed by atoms with Crippen molar-refractivity contribution in [3.05, 3.63) is 90.0 Å². The van der Waals surface area contributed by atoms with Crippen LogP contribution >= 0.6 is 0 Å². The van der Waals surface area contributed by atoms with Crippen molar-refractivity contribution in [3.8, 4) is 17.2 Å². The Kier molecular flexibility index (Phi) is 5.71. The second kappa shape index (κ2) is 8.16. The number of anilines is 1. The molecule has 0 aliphatic heterocycles. The third-order valence-corrected chi connectivity index (χ3v) is 3.32. The van der Waals surface area contributed by atoms with Gasteiger partial charge in [0, 0.05) is 5.69 Å². The Bertz CT molecular complexity index is 868. The van der Waals surface area contributed by atoms with Crippen LogP contribution in [0.15, 0.2) is 78.9 Å². The van der Waals surface area contributed by atoms with E-state index in [1.165, 1.54) is 6.07 Å². The van der Waals surface area contributed by atoms with E-state index in [9.17, 15) is 4.79 Å². The molecule has 3 aromatic rings. The zero-order valence-electron chi connectivity index (χ0n) is 12.9. The van der Waals surface area contributed by atoms with Crippen molar-refractivity contribution in [3.63, 3.8) is 0 Å². The molecule has 0 bridgehead atoms. The number of carbonyl (C=O) groups is 1. The molecule has 4 nitrogen and oxygen atoms in total. The van der Waals surface area contributed by atoms with E-state index >= 15 is 0 Å². The lowest BCUT2D eigenvalue weighted by molar-refractivity contribution is 0.0698. The Morgan fingerprint density at radius 3 is 2.04 bits per heavy atom. The summed E-state index contributed by atoms with van der Waals surface area (Å²) in [6, 6.07) is 26.1. The zero-order chi connectivity index (χ0) is 17.4. The normalized spacial score (nSPS) is 9.29. The maximum absolute atomic E-state index is 10.3. The molecule has 0 saturated carbocycles. The lowest BCUT2D eigenvalue weighted by atomic mass is 10.0. The maximum atomic E-state index is 10.3. The molecule has 0 amide bonds. The van der Waals surface area contributed by atoms with Gasteiger partial charge >= 0.3 is 5.97 Å². The average Bonchev–Trinajstić information content (AvgIpc) is 2.63. The molecule has 0 radical (unpaired) electrons. The van der Waals surface area contributed by atoms with E-state index < -0.39 is 5.97 Å². The predicted molar refractivity (Wildman–Crippen MR) is 94.4 cm³/mol. The summed E-state index contributed by atoms with van der Waals surface area (Å²) in [7, 11) is 0. The van der Waals surface area contributed by atoms with Gasteiger partial charge in [0.2, 0.25) is 0 Å². The molecule has 0 unspecified atom stereocenters. The number of carboxylic acid groups (broad SMARTS) is 1. The summed E-state index contributed by atoms with van der Waals surface area (Å²) < 4.78 is 0. The quantitative estimate of drug-likeness (QED) is 0.694. The van der Waals surface area contributed by atoms with E-state index in [0.29, 0.717) is 5.69 Å². The van der Waals surface area contributed by atoms with Crippen molar-refractivity contribution in [2.24, 2.45) is 0 Å². The van der Waals surface area contributed by atoms with Gasteiger partial charge in [-0.25, -0.2) is 4.79 Å². The molecule has 0 saturated heterocycles. The molecule has 3 rings (SSSR count). The van der Waals surface area contributed by atoms with Crippen molar-refractivity contribution in [2.45, 2.75) is 0 Å². The summed E-state index contributed by atoms with van der Waals surface area (Å²) >= 11 is 0. The van der Waals surface area contributed by atoms with Crippen molar-refractivity contribution in [2.75, 3.05) is 5.73 Å². The van der Waals surface area contributed by atoms with Gasteiger partial charge in [0.05, 0.1) is 17.2 Å². The number of nitriles is 1. The third kappa shape index (κ3) is 4.21. The zero-order valence-corrected chi connectivity index (χ0v) is 12.9. The van der Waals surface area contributed by atoms with Gasteiger partial charge in [-0.15, -0.1) is 0 Å². The first-order chi connectivity index (χ1) is 11.6. The van der Waals surface area contributed by atoms with Gasteiger partial charge < -0.3 is 10.8 Å². The van der Waals surface area contributed by atoms with Gasteiger partial charge in [0.25, 0.3) is 0 Å². The molecule has 0 heterocycles. The van der Waals surface area contributed by atoms with Crippen LogP contribution in [0.1, 0.15) is 15.9 Å². The molecule has 0 spiro atoms. The van der Waals surface area contributed by atoms with Crippen LogP contribution in [0, 0.1) is 11.3 Å². The van der Waals surface area contributed by atoms with Gasteiger partial charge in [-0.3, -0.25) is 0 Å². The molecule has 3 aromatic carbocycles. The predicted octanol–water partition coefficient (Wildman–Crippen LogP) is 4.19. The molecule has 3 N–H and O–H groups in total. The molecular weight excluding hydrogens is 300 g/mol. The van der Waals surface area contributed by atoms with Crippen LogP contribution in [0.3, 0.4) is 0 Å². The highest BCUT2D eigenvalue weighted by molar-refractivity contribution is 5.93. The average molecular weight is 316 g/mol. The van der Waals surface area contributed by atoms with E-state index in [1.54, 1.807) is 18.2 Å². The van der Waals surface area contributed by atoms with E-state index in [4.69, 9.17) is 16.1 Å². The highest BCUT2D eigenvalue weighted by atomic mass is 16.4. The van der Waals surface area contributed by atoms with Gasteiger partial charge in [-0.05, 0) is 29.3 Å². The lowest BCUT2D eigenvalue weighted by Crippen LogP contribution is -2.00. The van der Waals surface area contributed by atoms with Gasteiger partial charge in [0.15, 0.2) is 0 Å². The fourth-order valence-corrected chi connectivity index (χ4v) is 2.14. The topological polar surface area (TPSA) is 87.1 Å². The van der Waals surface area contributed by atoms with Gasteiger partial charge in [-0.2, -0.15) is 5.26 Å². The molecule has 118 valence electrons. The van der Waals surface area contributed by atoms with Crippen molar-refractivity contribution < 1.29 is 9.90 Å². The molecule has 24 heavy (non-hydrogen) atoms. The van der Waals surface area contributed by atoms with Crippen molar-refractivity contribution >= 4 is 11.7 Å². The highest BCUT2D eigenvalue weighted by Crippen LogP contribution is 2.22. The summed E-state index contributed by atoms with van der Waals surface area (Å²) in [5, 5.41) is 17.4. The minimum absolute atomic E-state index is 0.155. The fraction of sp³-hybridized carbons (Fsp3) is 0. The number of carboxylic acids is 1. The number of hydrogen-bond donors (Lipinski definition) is 2. The minimum atomic E-state index is -0.988. The minimum Gasteiger partial charge on any atom is -0.478 e. The van der Waals surface area contributed by atoms with Crippen LogP contribution in [-0.4, -0.2) is 11.1 Å². The van der Waals surface area contributed by atoms with Crippen molar-refractivity contribution in [1.29, 1.82) is 5.26 Å². The number of nitrogens with two attached hydrogens (primary N) is 1. The summed E-state index contributed by atoms with van der Waals surface area (Å²) in [6.45, 7) is 0. The lowest BCUT2D eigenvalue weighted by Gasteiger charge is -2.02. The standard InChI is InChI=1S/C13H9N.C7H7NO2/c14-10-12-8-4-5-9-13(12)11-6-2-1-3-7-11;8-6-4-2-1-3-5(6)7(9)10/h1-9H;1-4H,8H2,(H,9,10). The number of benzene rings is 3. The molecule has 0 fully saturated rings. The number of rotatable bonds is 2. The largest absolute Gasteiger partial charge is 0.478 e. The number of nitrogens with zero attached hydrogens (tertiary/aromatic N) is 1. The summed E-state index contributed by atoms with van der Waals surface area (Å²) in [6.07, 6.45) is 0. The Morgan fingerprint density at radius 1 is 0.875 bits per heavy atom. The number of aromatic carboxylic acids is 1. The molecule has 0 aromatic heterocycles. The Labute approximate surface area is 140 Å². The van der Waals surface area contributed by atoms with Gasteiger partial charge in [0.1, 0.15) is 0 Å². The molecule has 0 atom stereocenters. The van der Waals surface area contributed by atoms with E-state index in [2.05, 4.69) is 6.07 Å². The first-order valence-electron chi connectivity index (χ1n) is 7.26. The number of para-hydroxylation sites is 1. The Morgan fingerprint density at radius 2 is 1.46 bits per heavy atom. The molecular formula is C20H16N2O2. The summed E-state index contributed by atoms with van der Waals surface area (Å²) in [5.74, 6) is -0.988. The van der Waals surface area contributed by atoms with Crippen LogP contribution in [0.5, 0.6) is 0 Å². The summed E-state index contributed by atoms with van der Waals surface area (Å²) in [4.78, 5) is 10.3. The van der Waals surface area contributed by atoms with Crippen LogP contribution in [0.25, 0.3) is 11.1 Å².